The van der Waals surface area contributed by atoms with Gasteiger partial charge in [-0.25, -0.2) is 12.8 Å². The van der Waals surface area contributed by atoms with Crippen molar-refractivity contribution in [1.29, 1.82) is 0 Å². The first-order valence-electron chi connectivity index (χ1n) is 8.76. The number of carbonyl (C=O) groups is 1. The number of hydrogen-bond donors (Lipinski definition) is 1. The minimum absolute atomic E-state index is 0.0510. The van der Waals surface area contributed by atoms with Crippen LogP contribution in [0.3, 0.4) is 0 Å². The van der Waals surface area contributed by atoms with Gasteiger partial charge in [-0.3, -0.25) is 9.48 Å². The molecule has 1 amide bonds. The second kappa shape index (κ2) is 8.62. The Kier molecular flexibility index (Phi) is 6.72. The van der Waals surface area contributed by atoms with Gasteiger partial charge in [0.25, 0.3) is 0 Å². The molecule has 0 bridgehead atoms. The highest BCUT2D eigenvalue weighted by Crippen LogP contribution is 2.23. The summed E-state index contributed by atoms with van der Waals surface area (Å²) in [6, 6.07) is 6.19. The lowest BCUT2D eigenvalue weighted by Crippen LogP contribution is -2.31. The van der Waals surface area contributed by atoms with Crippen LogP contribution in [0.1, 0.15) is 30.8 Å². The third-order valence-corrected chi connectivity index (χ3v) is 6.65. The Morgan fingerprint density at radius 2 is 1.85 bits per heavy atom. The predicted molar refractivity (Wildman–Crippen MR) is 100 cm³/mol. The molecule has 0 saturated heterocycles. The summed E-state index contributed by atoms with van der Waals surface area (Å²) in [7, 11) is -3.67. The third kappa shape index (κ3) is 4.54. The lowest BCUT2D eigenvalue weighted by Gasteiger charge is -2.18. The molecule has 27 heavy (non-hydrogen) atoms. The molecule has 0 atom stereocenters. The molecule has 0 aliphatic rings. The van der Waals surface area contributed by atoms with Crippen LogP contribution < -0.4 is 5.32 Å². The molecule has 0 radical (unpaired) electrons. The molecule has 2 rings (SSSR count). The van der Waals surface area contributed by atoms with E-state index in [0.717, 1.165) is 0 Å². The zero-order valence-electron chi connectivity index (χ0n) is 16.0. The molecule has 0 aliphatic carbocycles. The fourth-order valence-corrected chi connectivity index (χ4v) is 4.76. The van der Waals surface area contributed by atoms with Gasteiger partial charge >= 0.3 is 0 Å². The van der Waals surface area contributed by atoms with Gasteiger partial charge in [0.2, 0.25) is 15.9 Å². The van der Waals surface area contributed by atoms with Gasteiger partial charge in [-0.15, -0.1) is 0 Å². The van der Waals surface area contributed by atoms with E-state index >= 15 is 0 Å². The van der Waals surface area contributed by atoms with Crippen molar-refractivity contribution in [2.24, 2.45) is 0 Å². The van der Waals surface area contributed by atoms with Crippen LogP contribution >= 0.6 is 0 Å². The number of rotatable bonds is 8. The fourth-order valence-electron chi connectivity index (χ4n) is 2.93. The van der Waals surface area contributed by atoms with Gasteiger partial charge in [0.05, 0.1) is 11.4 Å². The van der Waals surface area contributed by atoms with Crippen molar-refractivity contribution in [3.05, 3.63) is 47.0 Å². The van der Waals surface area contributed by atoms with Crippen LogP contribution in [-0.2, 0) is 27.9 Å². The van der Waals surface area contributed by atoms with Gasteiger partial charge in [0.15, 0.2) is 0 Å². The Bertz CT molecular complexity index is 921. The number of nitrogens with one attached hydrogen (secondary N) is 1. The van der Waals surface area contributed by atoms with E-state index in [-0.39, 0.29) is 23.9 Å². The SMILES string of the molecule is CCN(CC)S(=O)(=O)c1c(C)nn(CC(=O)NCc2ccccc2F)c1C. The second-order valence-electron chi connectivity index (χ2n) is 6.12. The predicted octanol–water partition coefficient (Wildman–Crippen LogP) is 1.99. The average Bonchev–Trinajstić information content (AvgIpc) is 2.89. The first-order chi connectivity index (χ1) is 12.7. The number of amides is 1. The molecule has 0 fully saturated rings. The van der Waals surface area contributed by atoms with Crippen molar-refractivity contribution in [2.75, 3.05) is 13.1 Å². The Morgan fingerprint density at radius 1 is 1.22 bits per heavy atom. The largest absolute Gasteiger partial charge is 0.350 e. The highest BCUT2D eigenvalue weighted by atomic mass is 32.2. The van der Waals surface area contributed by atoms with Crippen molar-refractivity contribution in [1.82, 2.24) is 19.4 Å². The summed E-state index contributed by atoms with van der Waals surface area (Å²) in [5.74, 6) is -0.771. The lowest BCUT2D eigenvalue weighted by molar-refractivity contribution is -0.122. The summed E-state index contributed by atoms with van der Waals surface area (Å²) in [4.78, 5) is 12.3. The highest BCUT2D eigenvalue weighted by molar-refractivity contribution is 7.89. The molecule has 9 heteroatoms. The number of sulfonamides is 1. The number of nitrogens with zero attached hydrogens (tertiary/aromatic N) is 3. The molecule has 2 aromatic rings. The Morgan fingerprint density at radius 3 is 2.44 bits per heavy atom. The maximum absolute atomic E-state index is 13.6. The van der Waals surface area contributed by atoms with Gasteiger partial charge in [-0.2, -0.15) is 9.40 Å². The molecule has 0 spiro atoms. The Balaban J connectivity index is 2.16. The minimum atomic E-state index is -3.67. The fraction of sp³-hybridized carbons (Fsp3) is 0.444. The number of aromatic nitrogens is 2. The Labute approximate surface area is 159 Å². The van der Waals surface area contributed by atoms with E-state index in [1.165, 1.54) is 15.1 Å². The molecule has 148 valence electrons. The summed E-state index contributed by atoms with van der Waals surface area (Å²) in [6.07, 6.45) is 0. The van der Waals surface area contributed by atoms with Crippen LogP contribution in [0.4, 0.5) is 4.39 Å². The third-order valence-electron chi connectivity index (χ3n) is 4.35. The number of aryl methyl sites for hydroxylation is 1. The molecule has 0 aliphatic heterocycles. The summed E-state index contributed by atoms with van der Waals surface area (Å²) in [5, 5.41) is 6.84. The van der Waals surface area contributed by atoms with Gasteiger partial charge in [-0.05, 0) is 19.9 Å². The second-order valence-corrected chi connectivity index (χ2v) is 7.99. The molecule has 1 N–H and O–H groups in total. The summed E-state index contributed by atoms with van der Waals surface area (Å²) < 4.78 is 42.0. The van der Waals surface area contributed by atoms with E-state index in [4.69, 9.17) is 0 Å². The molecular weight excluding hydrogens is 371 g/mol. The number of carbonyl (C=O) groups excluding carboxylic acids is 1. The molecule has 7 nitrogen and oxygen atoms in total. The van der Waals surface area contributed by atoms with Crippen LogP contribution in [0.5, 0.6) is 0 Å². The van der Waals surface area contributed by atoms with Gasteiger partial charge in [-0.1, -0.05) is 32.0 Å². The van der Waals surface area contributed by atoms with E-state index < -0.39 is 15.8 Å². The maximum atomic E-state index is 13.6. The highest BCUT2D eigenvalue weighted by Gasteiger charge is 2.29. The zero-order chi connectivity index (χ0) is 20.2. The summed E-state index contributed by atoms with van der Waals surface area (Å²) in [6.45, 7) is 7.39. The maximum Gasteiger partial charge on any atom is 0.246 e. The minimum Gasteiger partial charge on any atom is -0.350 e. The molecular formula is C18H25FN4O3S. The van der Waals surface area contributed by atoms with E-state index in [1.54, 1.807) is 45.9 Å². The van der Waals surface area contributed by atoms with Crippen molar-refractivity contribution in [3.63, 3.8) is 0 Å². The normalized spacial score (nSPS) is 11.8. The van der Waals surface area contributed by atoms with Crippen LogP contribution in [0, 0.1) is 19.7 Å². The smallest absolute Gasteiger partial charge is 0.246 e. The average molecular weight is 396 g/mol. The monoisotopic (exact) mass is 396 g/mol. The number of hydrogen-bond acceptors (Lipinski definition) is 4. The molecule has 1 heterocycles. The molecule has 1 aromatic carbocycles. The van der Waals surface area contributed by atoms with Crippen LogP contribution in [0.15, 0.2) is 29.2 Å². The first-order valence-corrected chi connectivity index (χ1v) is 10.2. The lowest BCUT2D eigenvalue weighted by atomic mass is 10.2. The molecule has 0 saturated carbocycles. The van der Waals surface area contributed by atoms with Gasteiger partial charge in [0.1, 0.15) is 17.3 Å². The van der Waals surface area contributed by atoms with Crippen LogP contribution in [0.2, 0.25) is 0 Å². The van der Waals surface area contributed by atoms with Crippen LogP contribution in [-0.4, -0.2) is 41.5 Å². The standard InChI is InChI=1S/C18H25FN4O3S/c1-5-22(6-2)27(25,26)18-13(3)21-23(14(18)4)12-17(24)20-11-15-9-7-8-10-16(15)19/h7-10H,5-6,11-12H2,1-4H3,(H,20,24). The molecule has 1 aromatic heterocycles. The van der Waals surface area contributed by atoms with E-state index in [1.807, 2.05) is 0 Å². The number of halogens is 1. The van der Waals surface area contributed by atoms with Crippen molar-refractivity contribution in [2.45, 2.75) is 45.7 Å². The van der Waals surface area contributed by atoms with Crippen molar-refractivity contribution >= 4 is 15.9 Å². The van der Waals surface area contributed by atoms with E-state index in [0.29, 0.717) is 30.0 Å². The van der Waals surface area contributed by atoms with Crippen molar-refractivity contribution < 1.29 is 17.6 Å². The Hall–Kier alpha value is -2.26. The van der Waals surface area contributed by atoms with Gasteiger partial charge in [0, 0.05) is 25.2 Å². The van der Waals surface area contributed by atoms with Gasteiger partial charge < -0.3 is 5.32 Å². The molecule has 0 unspecified atom stereocenters. The summed E-state index contributed by atoms with van der Waals surface area (Å²) in [5.41, 5.74) is 1.13. The number of benzene rings is 1. The topological polar surface area (TPSA) is 84.3 Å². The van der Waals surface area contributed by atoms with Crippen LogP contribution in [0.25, 0.3) is 0 Å². The first kappa shape index (κ1) is 21.0. The summed E-state index contributed by atoms with van der Waals surface area (Å²) >= 11 is 0. The quantitative estimate of drug-likeness (QED) is 0.740. The van der Waals surface area contributed by atoms with E-state index in [2.05, 4.69) is 10.4 Å². The van der Waals surface area contributed by atoms with Crippen molar-refractivity contribution in [3.8, 4) is 0 Å². The van der Waals surface area contributed by atoms with E-state index in [9.17, 15) is 17.6 Å². The zero-order valence-corrected chi connectivity index (χ0v) is 16.8.